The maximum absolute atomic E-state index is 12.7. The first-order chi connectivity index (χ1) is 8.99. The third-order valence-electron chi connectivity index (χ3n) is 3.27. The Labute approximate surface area is 108 Å². The van der Waals surface area contributed by atoms with E-state index in [4.69, 9.17) is 5.26 Å². The van der Waals surface area contributed by atoms with Gasteiger partial charge in [0.25, 0.3) is 0 Å². The van der Waals surface area contributed by atoms with Gasteiger partial charge < -0.3 is 5.32 Å². The third kappa shape index (κ3) is 3.56. The Morgan fingerprint density at radius 1 is 1.26 bits per heavy atom. The van der Waals surface area contributed by atoms with Gasteiger partial charge in [-0.3, -0.25) is 0 Å². The number of nitriles is 1. The lowest BCUT2D eigenvalue weighted by Gasteiger charge is -2.31. The van der Waals surface area contributed by atoms with Gasteiger partial charge in [0.05, 0.1) is 5.92 Å². The summed E-state index contributed by atoms with van der Waals surface area (Å²) in [5, 5.41) is 18.9. The van der Waals surface area contributed by atoms with E-state index in [9.17, 15) is 13.2 Å². The zero-order valence-electron chi connectivity index (χ0n) is 10.1. The van der Waals surface area contributed by atoms with Crippen molar-refractivity contribution in [2.45, 2.75) is 37.9 Å². The van der Waals surface area contributed by atoms with Gasteiger partial charge in [-0.1, -0.05) is 6.42 Å². The molecule has 0 amide bonds. The minimum Gasteiger partial charge on any atom is -0.366 e. The summed E-state index contributed by atoms with van der Waals surface area (Å²) in [4.78, 5) is 0. The number of anilines is 1. The van der Waals surface area contributed by atoms with E-state index >= 15 is 0 Å². The monoisotopic (exact) mass is 270 g/mol. The minimum absolute atomic E-state index is 0.0607. The predicted molar refractivity (Wildman–Crippen MR) is 62.2 cm³/mol. The molecule has 1 aromatic heterocycles. The molecule has 19 heavy (non-hydrogen) atoms. The average Bonchev–Trinajstić information content (AvgIpc) is 2.39. The van der Waals surface area contributed by atoms with Crippen molar-refractivity contribution in [3.05, 3.63) is 17.8 Å². The van der Waals surface area contributed by atoms with Crippen LogP contribution in [0.4, 0.5) is 19.0 Å². The second-order valence-electron chi connectivity index (χ2n) is 4.66. The molecule has 0 aliphatic heterocycles. The van der Waals surface area contributed by atoms with Crippen molar-refractivity contribution >= 4 is 5.82 Å². The molecule has 2 unspecified atom stereocenters. The molecule has 0 bridgehead atoms. The van der Waals surface area contributed by atoms with Gasteiger partial charge in [-0.15, -0.1) is 10.2 Å². The van der Waals surface area contributed by atoms with E-state index in [0.29, 0.717) is 18.7 Å². The smallest absolute Gasteiger partial charge is 0.366 e. The average molecular weight is 270 g/mol. The Morgan fingerprint density at radius 3 is 2.63 bits per heavy atom. The van der Waals surface area contributed by atoms with Crippen molar-refractivity contribution in [1.29, 1.82) is 5.26 Å². The van der Waals surface area contributed by atoms with Crippen LogP contribution in [0.1, 0.15) is 31.4 Å². The predicted octanol–water partition coefficient (Wildman–Crippen LogP) is 2.88. The van der Waals surface area contributed by atoms with Crippen LogP contribution < -0.4 is 5.32 Å². The Hall–Kier alpha value is -1.84. The highest BCUT2D eigenvalue weighted by atomic mass is 19.4. The van der Waals surface area contributed by atoms with E-state index in [2.05, 4.69) is 15.5 Å². The van der Waals surface area contributed by atoms with Crippen LogP contribution in [-0.4, -0.2) is 22.4 Å². The van der Waals surface area contributed by atoms with E-state index in [1.807, 2.05) is 6.07 Å². The quantitative estimate of drug-likeness (QED) is 0.897. The highest BCUT2D eigenvalue weighted by Crippen LogP contribution is 2.38. The first kappa shape index (κ1) is 13.6. The van der Waals surface area contributed by atoms with Crippen LogP contribution in [0.25, 0.3) is 0 Å². The van der Waals surface area contributed by atoms with E-state index in [0.717, 1.165) is 0 Å². The molecule has 1 aromatic rings. The topological polar surface area (TPSA) is 61.6 Å². The highest BCUT2D eigenvalue weighted by molar-refractivity contribution is 5.36. The number of nitrogens with zero attached hydrogens (tertiary/aromatic N) is 3. The number of rotatable bonds is 2. The molecule has 1 saturated carbocycles. The molecule has 0 spiro atoms. The lowest BCUT2D eigenvalue weighted by molar-refractivity contribution is -0.182. The zero-order chi connectivity index (χ0) is 13.9. The molecule has 2 rings (SSSR count). The molecule has 2 atom stereocenters. The summed E-state index contributed by atoms with van der Waals surface area (Å²) in [6.45, 7) is 0. The maximum Gasteiger partial charge on any atom is 0.391 e. The normalized spacial score (nSPS) is 23.7. The van der Waals surface area contributed by atoms with E-state index in [-0.39, 0.29) is 24.6 Å². The van der Waals surface area contributed by atoms with Gasteiger partial charge in [0.1, 0.15) is 11.9 Å². The third-order valence-corrected chi connectivity index (χ3v) is 3.27. The van der Waals surface area contributed by atoms with E-state index in [1.54, 1.807) is 6.07 Å². The molecule has 7 heteroatoms. The first-order valence-electron chi connectivity index (χ1n) is 6.06. The zero-order valence-corrected chi connectivity index (χ0v) is 10.1. The van der Waals surface area contributed by atoms with Crippen LogP contribution in [0.2, 0.25) is 0 Å². The fraction of sp³-hybridized carbons (Fsp3) is 0.583. The standard InChI is InChI=1S/C12H13F3N4/c13-12(14,15)8-2-1-3-9(6-8)17-11-5-4-10(7-16)18-19-11/h4-5,8-9H,1-3,6H2,(H,17,19). The van der Waals surface area contributed by atoms with Crippen LogP contribution in [0, 0.1) is 17.2 Å². The number of halogens is 3. The molecule has 1 heterocycles. The van der Waals surface area contributed by atoms with E-state index in [1.165, 1.54) is 6.07 Å². The summed E-state index contributed by atoms with van der Waals surface area (Å²) >= 11 is 0. The molecule has 1 fully saturated rings. The molecule has 0 aromatic carbocycles. The Bertz CT molecular complexity index is 463. The van der Waals surface area contributed by atoms with Crippen molar-refractivity contribution in [2.24, 2.45) is 5.92 Å². The molecule has 1 N–H and O–H groups in total. The second kappa shape index (κ2) is 5.43. The molecule has 0 radical (unpaired) electrons. The summed E-state index contributed by atoms with van der Waals surface area (Å²) in [6.07, 6.45) is -2.64. The number of hydrogen-bond acceptors (Lipinski definition) is 4. The fourth-order valence-electron chi connectivity index (χ4n) is 2.30. The van der Waals surface area contributed by atoms with Crippen molar-refractivity contribution < 1.29 is 13.2 Å². The summed E-state index contributed by atoms with van der Waals surface area (Å²) in [5.74, 6) is -0.836. The van der Waals surface area contributed by atoms with Crippen LogP contribution in [0.5, 0.6) is 0 Å². The maximum atomic E-state index is 12.7. The molecular weight excluding hydrogens is 257 g/mol. The summed E-state index contributed by atoms with van der Waals surface area (Å²) in [7, 11) is 0. The minimum atomic E-state index is -4.13. The van der Waals surface area contributed by atoms with Crippen molar-refractivity contribution in [3.8, 4) is 6.07 Å². The molecular formula is C12H13F3N4. The summed E-state index contributed by atoms with van der Waals surface area (Å²) in [6, 6.07) is 4.63. The fourth-order valence-corrected chi connectivity index (χ4v) is 2.30. The van der Waals surface area contributed by atoms with Crippen LogP contribution in [0.3, 0.4) is 0 Å². The van der Waals surface area contributed by atoms with Crippen molar-refractivity contribution in [1.82, 2.24) is 10.2 Å². The van der Waals surface area contributed by atoms with Crippen LogP contribution in [0.15, 0.2) is 12.1 Å². The SMILES string of the molecule is N#Cc1ccc(NC2CCCC(C(F)(F)F)C2)nn1. The van der Waals surface area contributed by atoms with Gasteiger partial charge in [-0.05, 0) is 31.4 Å². The number of nitrogens with one attached hydrogen (secondary N) is 1. The van der Waals surface area contributed by atoms with Gasteiger partial charge in [0.15, 0.2) is 5.69 Å². The molecule has 1 aliphatic rings. The van der Waals surface area contributed by atoms with Gasteiger partial charge in [-0.2, -0.15) is 18.4 Å². The van der Waals surface area contributed by atoms with Crippen molar-refractivity contribution in [2.75, 3.05) is 5.32 Å². The van der Waals surface area contributed by atoms with Gasteiger partial charge in [0, 0.05) is 6.04 Å². The molecule has 4 nitrogen and oxygen atoms in total. The Morgan fingerprint density at radius 2 is 2.05 bits per heavy atom. The van der Waals surface area contributed by atoms with Gasteiger partial charge in [0.2, 0.25) is 0 Å². The van der Waals surface area contributed by atoms with Crippen molar-refractivity contribution in [3.63, 3.8) is 0 Å². The van der Waals surface area contributed by atoms with Gasteiger partial charge in [-0.25, -0.2) is 0 Å². The summed E-state index contributed by atoms with van der Waals surface area (Å²) < 4.78 is 38.0. The molecule has 102 valence electrons. The van der Waals surface area contributed by atoms with Crippen LogP contribution in [-0.2, 0) is 0 Å². The Balaban J connectivity index is 1.97. The summed E-state index contributed by atoms with van der Waals surface area (Å²) in [5.41, 5.74) is 0.183. The lowest BCUT2D eigenvalue weighted by atomic mass is 9.85. The lowest BCUT2D eigenvalue weighted by Crippen LogP contribution is -2.34. The largest absolute Gasteiger partial charge is 0.391 e. The molecule has 0 saturated heterocycles. The number of aromatic nitrogens is 2. The van der Waals surface area contributed by atoms with Gasteiger partial charge >= 0.3 is 6.18 Å². The van der Waals surface area contributed by atoms with E-state index < -0.39 is 12.1 Å². The van der Waals surface area contributed by atoms with Crippen LogP contribution >= 0.6 is 0 Å². The first-order valence-corrected chi connectivity index (χ1v) is 6.06. The number of alkyl halides is 3. The Kier molecular flexibility index (Phi) is 3.88. The number of hydrogen-bond donors (Lipinski definition) is 1. The molecule has 1 aliphatic carbocycles. The highest BCUT2D eigenvalue weighted by Gasteiger charge is 2.42. The second-order valence-corrected chi connectivity index (χ2v) is 4.66.